The largest absolute Gasteiger partial charge is 0.372 e. The fourth-order valence-corrected chi connectivity index (χ4v) is 2.86. The van der Waals surface area contributed by atoms with Crippen molar-refractivity contribution in [3.63, 3.8) is 0 Å². The zero-order chi connectivity index (χ0) is 14.5. The van der Waals surface area contributed by atoms with Gasteiger partial charge in [-0.1, -0.05) is 42.0 Å². The van der Waals surface area contributed by atoms with E-state index in [1.807, 2.05) is 0 Å². The average Bonchev–Trinajstić information content (AvgIpc) is 3.04. The molecule has 110 valence electrons. The first-order valence-corrected chi connectivity index (χ1v) is 7.91. The van der Waals surface area contributed by atoms with Crippen molar-refractivity contribution in [2.45, 2.75) is 32.9 Å². The Labute approximate surface area is 127 Å². The number of hydrogen-bond acceptors (Lipinski definition) is 2. The second-order valence-corrected chi connectivity index (χ2v) is 5.95. The third kappa shape index (κ3) is 3.85. The van der Waals surface area contributed by atoms with Gasteiger partial charge in [0.05, 0.1) is 0 Å². The highest BCUT2D eigenvalue weighted by Gasteiger charge is 2.11. The van der Waals surface area contributed by atoms with Gasteiger partial charge in [0.1, 0.15) is 0 Å². The van der Waals surface area contributed by atoms with Crippen molar-refractivity contribution in [1.29, 1.82) is 0 Å². The monoisotopic (exact) mass is 280 g/mol. The molecule has 0 atom stereocenters. The summed E-state index contributed by atoms with van der Waals surface area (Å²) < 4.78 is 0. The maximum atomic E-state index is 3.51. The molecule has 2 nitrogen and oxygen atoms in total. The second-order valence-electron chi connectivity index (χ2n) is 5.95. The van der Waals surface area contributed by atoms with E-state index in [1.165, 1.54) is 48.3 Å². The molecule has 1 heterocycles. The van der Waals surface area contributed by atoms with Crippen LogP contribution in [0.3, 0.4) is 0 Å². The first-order chi connectivity index (χ1) is 10.3. The van der Waals surface area contributed by atoms with Crippen molar-refractivity contribution >= 4 is 5.69 Å². The molecule has 1 fully saturated rings. The molecule has 0 saturated carbocycles. The van der Waals surface area contributed by atoms with Gasteiger partial charge in [0.15, 0.2) is 0 Å². The minimum Gasteiger partial charge on any atom is -0.372 e. The average molecular weight is 280 g/mol. The third-order valence-corrected chi connectivity index (χ3v) is 4.19. The number of benzene rings is 2. The van der Waals surface area contributed by atoms with Crippen molar-refractivity contribution in [2.24, 2.45) is 0 Å². The Kier molecular flexibility index (Phi) is 4.56. The fourth-order valence-electron chi connectivity index (χ4n) is 2.86. The Bertz CT molecular complexity index is 551. The summed E-state index contributed by atoms with van der Waals surface area (Å²) >= 11 is 0. The summed E-state index contributed by atoms with van der Waals surface area (Å²) in [5, 5.41) is 3.51. The number of nitrogens with zero attached hydrogens (tertiary/aromatic N) is 1. The van der Waals surface area contributed by atoms with Crippen LogP contribution in [0, 0.1) is 6.92 Å². The third-order valence-electron chi connectivity index (χ3n) is 4.19. The molecule has 0 spiro atoms. The molecule has 0 unspecified atom stereocenters. The Morgan fingerprint density at radius 3 is 1.90 bits per heavy atom. The van der Waals surface area contributed by atoms with E-state index < -0.39 is 0 Å². The Morgan fingerprint density at radius 2 is 1.33 bits per heavy atom. The van der Waals surface area contributed by atoms with Gasteiger partial charge < -0.3 is 10.2 Å². The molecule has 2 heteroatoms. The zero-order valence-electron chi connectivity index (χ0n) is 12.8. The molecular formula is C19H24N2. The van der Waals surface area contributed by atoms with Gasteiger partial charge in [-0.05, 0) is 43.0 Å². The lowest BCUT2D eigenvalue weighted by molar-refractivity contribution is 0.693. The second kappa shape index (κ2) is 6.77. The molecule has 0 radical (unpaired) electrons. The van der Waals surface area contributed by atoms with Crippen LogP contribution in [-0.2, 0) is 13.1 Å². The van der Waals surface area contributed by atoms with Crippen molar-refractivity contribution < 1.29 is 0 Å². The van der Waals surface area contributed by atoms with Crippen LogP contribution in [0.25, 0.3) is 0 Å². The summed E-state index contributed by atoms with van der Waals surface area (Å²) in [7, 11) is 0. The minimum atomic E-state index is 0.925. The lowest BCUT2D eigenvalue weighted by atomic mass is 10.1. The molecule has 0 amide bonds. The van der Waals surface area contributed by atoms with Gasteiger partial charge in [-0.25, -0.2) is 0 Å². The summed E-state index contributed by atoms with van der Waals surface area (Å²) in [4.78, 5) is 2.48. The van der Waals surface area contributed by atoms with Gasteiger partial charge in [-0.3, -0.25) is 0 Å². The molecule has 2 aromatic rings. The van der Waals surface area contributed by atoms with Gasteiger partial charge in [-0.2, -0.15) is 0 Å². The van der Waals surface area contributed by atoms with Crippen LogP contribution in [-0.4, -0.2) is 13.1 Å². The van der Waals surface area contributed by atoms with Gasteiger partial charge in [0, 0.05) is 31.9 Å². The molecule has 3 rings (SSSR count). The fraction of sp³-hybridized carbons (Fsp3) is 0.368. The van der Waals surface area contributed by atoms with Crippen molar-refractivity contribution in [3.05, 3.63) is 65.2 Å². The maximum absolute atomic E-state index is 3.51. The van der Waals surface area contributed by atoms with Crippen LogP contribution in [0.1, 0.15) is 29.5 Å². The van der Waals surface area contributed by atoms with Gasteiger partial charge in [0.2, 0.25) is 0 Å². The van der Waals surface area contributed by atoms with Gasteiger partial charge >= 0.3 is 0 Å². The molecule has 1 aliphatic heterocycles. The highest BCUT2D eigenvalue weighted by atomic mass is 15.1. The predicted octanol–water partition coefficient (Wildman–Crippen LogP) is 3.89. The van der Waals surface area contributed by atoms with E-state index in [2.05, 4.69) is 65.7 Å². The van der Waals surface area contributed by atoms with Crippen LogP contribution in [0.4, 0.5) is 5.69 Å². The Hall–Kier alpha value is -1.80. The molecule has 0 aliphatic carbocycles. The Morgan fingerprint density at radius 1 is 0.810 bits per heavy atom. The van der Waals surface area contributed by atoms with Crippen LogP contribution < -0.4 is 10.2 Å². The number of anilines is 1. The smallest absolute Gasteiger partial charge is 0.0366 e. The molecule has 1 saturated heterocycles. The quantitative estimate of drug-likeness (QED) is 0.894. The maximum Gasteiger partial charge on any atom is 0.0366 e. The molecule has 0 bridgehead atoms. The van der Waals surface area contributed by atoms with E-state index in [0.29, 0.717) is 0 Å². The van der Waals surface area contributed by atoms with Crippen LogP contribution in [0.15, 0.2) is 48.5 Å². The summed E-state index contributed by atoms with van der Waals surface area (Å²) in [5.74, 6) is 0. The van der Waals surface area contributed by atoms with Gasteiger partial charge in [0.25, 0.3) is 0 Å². The van der Waals surface area contributed by atoms with E-state index >= 15 is 0 Å². The van der Waals surface area contributed by atoms with Crippen LogP contribution in [0.5, 0.6) is 0 Å². The predicted molar refractivity (Wildman–Crippen MR) is 89.6 cm³/mol. The summed E-state index contributed by atoms with van der Waals surface area (Å²) in [6.45, 7) is 6.40. The van der Waals surface area contributed by atoms with Gasteiger partial charge in [-0.15, -0.1) is 0 Å². The Balaban J connectivity index is 1.50. The number of nitrogens with one attached hydrogen (secondary N) is 1. The van der Waals surface area contributed by atoms with E-state index in [9.17, 15) is 0 Å². The summed E-state index contributed by atoms with van der Waals surface area (Å²) in [5.41, 5.74) is 5.38. The lowest BCUT2D eigenvalue weighted by Gasteiger charge is -2.17. The zero-order valence-corrected chi connectivity index (χ0v) is 12.8. The van der Waals surface area contributed by atoms with Crippen LogP contribution >= 0.6 is 0 Å². The van der Waals surface area contributed by atoms with E-state index in [-0.39, 0.29) is 0 Å². The van der Waals surface area contributed by atoms with E-state index in [1.54, 1.807) is 0 Å². The van der Waals surface area contributed by atoms with Crippen molar-refractivity contribution in [3.8, 4) is 0 Å². The standard InChI is InChI=1S/C19H24N2/c1-16-4-6-17(7-5-16)14-20-15-18-8-10-19(11-9-18)21-12-2-3-13-21/h4-11,20H,2-3,12-15H2,1H3. The number of aryl methyl sites for hydroxylation is 1. The number of rotatable bonds is 5. The summed E-state index contributed by atoms with van der Waals surface area (Å²) in [6.07, 6.45) is 2.67. The molecular weight excluding hydrogens is 256 g/mol. The first-order valence-electron chi connectivity index (χ1n) is 7.91. The molecule has 2 aromatic carbocycles. The molecule has 1 aliphatic rings. The van der Waals surface area contributed by atoms with E-state index in [0.717, 1.165) is 13.1 Å². The first kappa shape index (κ1) is 14.2. The number of hydrogen-bond donors (Lipinski definition) is 1. The summed E-state index contributed by atoms with van der Waals surface area (Å²) in [6, 6.07) is 17.7. The van der Waals surface area contributed by atoms with E-state index in [4.69, 9.17) is 0 Å². The lowest BCUT2D eigenvalue weighted by Crippen LogP contribution is -2.17. The van der Waals surface area contributed by atoms with Crippen molar-refractivity contribution in [1.82, 2.24) is 5.32 Å². The normalized spacial score (nSPS) is 14.6. The SMILES string of the molecule is Cc1ccc(CNCc2ccc(N3CCCC3)cc2)cc1. The topological polar surface area (TPSA) is 15.3 Å². The highest BCUT2D eigenvalue weighted by molar-refractivity contribution is 5.48. The molecule has 21 heavy (non-hydrogen) atoms. The molecule has 0 aromatic heterocycles. The highest BCUT2D eigenvalue weighted by Crippen LogP contribution is 2.20. The minimum absolute atomic E-state index is 0.925. The molecule has 1 N–H and O–H groups in total. The van der Waals surface area contributed by atoms with Crippen molar-refractivity contribution in [2.75, 3.05) is 18.0 Å². The van der Waals surface area contributed by atoms with Crippen LogP contribution in [0.2, 0.25) is 0 Å².